The number of methoxy groups -OCH3 is 2. The second-order valence-corrected chi connectivity index (χ2v) is 3.40. The topological polar surface area (TPSA) is 102 Å². The molecule has 0 saturated carbocycles. The molecule has 0 amide bonds. The Labute approximate surface area is 108 Å². The summed E-state index contributed by atoms with van der Waals surface area (Å²) in [6, 6.07) is 4.22. The zero-order chi connectivity index (χ0) is 14.4. The van der Waals surface area contributed by atoms with Gasteiger partial charge >= 0.3 is 5.69 Å². The minimum atomic E-state index is -0.642. The minimum absolute atomic E-state index is 0.00723. The lowest BCUT2D eigenvalue weighted by Gasteiger charge is -2.10. The van der Waals surface area contributed by atoms with Crippen molar-refractivity contribution in [3.05, 3.63) is 27.8 Å². The number of nitro groups is 1. The minimum Gasteiger partial charge on any atom is -0.496 e. The maximum atomic E-state index is 10.9. The van der Waals surface area contributed by atoms with E-state index in [1.165, 1.54) is 20.3 Å². The Hall–Kier alpha value is -2.84. The van der Waals surface area contributed by atoms with E-state index in [1.54, 1.807) is 12.0 Å². The predicted molar refractivity (Wildman–Crippen MR) is 65.5 cm³/mol. The van der Waals surface area contributed by atoms with Crippen molar-refractivity contribution in [3.63, 3.8) is 0 Å². The molecule has 1 aromatic rings. The van der Waals surface area contributed by atoms with E-state index in [-0.39, 0.29) is 34.7 Å². The van der Waals surface area contributed by atoms with Crippen LogP contribution in [0.2, 0.25) is 0 Å². The van der Waals surface area contributed by atoms with E-state index >= 15 is 0 Å². The molecule has 0 aliphatic rings. The first-order valence-corrected chi connectivity index (χ1v) is 5.10. The average molecular weight is 262 g/mol. The Bertz CT molecular complexity index is 597. The van der Waals surface area contributed by atoms with Crippen molar-refractivity contribution in [3.8, 4) is 17.6 Å². The van der Waals surface area contributed by atoms with Crippen molar-refractivity contribution in [2.24, 2.45) is 0 Å². The highest BCUT2D eigenvalue weighted by Crippen LogP contribution is 2.37. The summed E-state index contributed by atoms with van der Waals surface area (Å²) in [5, 5.41) is 19.5. The lowest BCUT2D eigenvalue weighted by atomic mass is 10.0. The summed E-state index contributed by atoms with van der Waals surface area (Å²) >= 11 is 0. The molecule has 0 unspecified atom stereocenters. The van der Waals surface area contributed by atoms with Crippen molar-refractivity contribution in [1.82, 2.24) is 0 Å². The molecule has 0 heterocycles. The van der Waals surface area contributed by atoms with Crippen molar-refractivity contribution in [2.45, 2.75) is 6.42 Å². The number of benzene rings is 1. The summed E-state index contributed by atoms with van der Waals surface area (Å²) in [6.45, 7) is 0. The molecule has 0 atom stereocenters. The largest absolute Gasteiger partial charge is 0.496 e. The standard InChI is InChI=1S/C12H10N2O5/c1-18-11-6-12(19-2)10(14(16)17)5-9(11)8(7-15)3-4-13/h5-6H,3H2,1-2H3. The molecule has 1 rings (SSSR count). The third-order valence-electron chi connectivity index (χ3n) is 2.40. The fourth-order valence-corrected chi connectivity index (χ4v) is 1.53. The molecule has 0 aromatic heterocycles. The first kappa shape index (κ1) is 14.2. The quantitative estimate of drug-likeness (QED) is 0.455. The summed E-state index contributed by atoms with van der Waals surface area (Å²) in [6.07, 6.45) is -0.219. The zero-order valence-corrected chi connectivity index (χ0v) is 10.3. The average Bonchev–Trinajstić information content (AvgIpc) is 2.43. The molecule has 0 aliphatic heterocycles. The molecule has 0 radical (unpaired) electrons. The smallest absolute Gasteiger partial charge is 0.311 e. The third-order valence-corrected chi connectivity index (χ3v) is 2.40. The summed E-state index contributed by atoms with van der Waals surface area (Å²) in [7, 11) is 2.63. The number of hydrogen-bond donors (Lipinski definition) is 0. The lowest BCUT2D eigenvalue weighted by molar-refractivity contribution is -0.385. The van der Waals surface area contributed by atoms with Gasteiger partial charge in [-0.15, -0.1) is 0 Å². The fraction of sp³-hybridized carbons (Fsp3) is 0.250. The molecule has 0 N–H and O–H groups in total. The first-order chi connectivity index (χ1) is 9.08. The van der Waals surface area contributed by atoms with Gasteiger partial charge in [0.2, 0.25) is 5.75 Å². The van der Waals surface area contributed by atoms with Crippen LogP contribution in [0.1, 0.15) is 12.0 Å². The lowest BCUT2D eigenvalue weighted by Crippen LogP contribution is -1.99. The molecular weight excluding hydrogens is 252 g/mol. The van der Waals surface area contributed by atoms with Gasteiger partial charge in [-0.1, -0.05) is 0 Å². The monoisotopic (exact) mass is 262 g/mol. The molecule has 7 nitrogen and oxygen atoms in total. The van der Waals surface area contributed by atoms with Crippen LogP contribution in [-0.2, 0) is 4.79 Å². The second-order valence-electron chi connectivity index (χ2n) is 3.40. The number of nitriles is 1. The molecular formula is C12H10N2O5. The Morgan fingerprint density at radius 3 is 2.42 bits per heavy atom. The molecule has 0 spiro atoms. The van der Waals surface area contributed by atoms with Crippen LogP contribution in [0.3, 0.4) is 0 Å². The molecule has 7 heteroatoms. The third kappa shape index (κ3) is 2.89. The Morgan fingerprint density at radius 2 is 2.00 bits per heavy atom. The molecule has 0 fully saturated rings. The molecule has 1 aromatic carbocycles. The van der Waals surface area contributed by atoms with Crippen LogP contribution in [-0.4, -0.2) is 25.1 Å². The van der Waals surface area contributed by atoms with Crippen molar-refractivity contribution >= 4 is 17.2 Å². The van der Waals surface area contributed by atoms with E-state index in [9.17, 15) is 14.9 Å². The normalized spacial score (nSPS) is 9.11. The van der Waals surface area contributed by atoms with E-state index in [2.05, 4.69) is 0 Å². The van der Waals surface area contributed by atoms with E-state index in [0.29, 0.717) is 0 Å². The van der Waals surface area contributed by atoms with Gasteiger partial charge in [-0.25, -0.2) is 4.79 Å². The number of hydrogen-bond acceptors (Lipinski definition) is 6. The number of rotatable bonds is 5. The Morgan fingerprint density at radius 1 is 1.37 bits per heavy atom. The number of nitro benzene ring substituents is 1. The highest BCUT2D eigenvalue weighted by atomic mass is 16.6. The van der Waals surface area contributed by atoms with Gasteiger partial charge in [0.25, 0.3) is 0 Å². The number of carbonyl (C=O) groups excluding carboxylic acids is 1. The zero-order valence-electron chi connectivity index (χ0n) is 10.3. The van der Waals surface area contributed by atoms with Gasteiger partial charge in [-0.05, 0) is 0 Å². The van der Waals surface area contributed by atoms with Crippen LogP contribution in [0.15, 0.2) is 12.1 Å². The van der Waals surface area contributed by atoms with Gasteiger partial charge in [0.1, 0.15) is 11.7 Å². The number of ether oxygens (including phenoxy) is 2. The van der Waals surface area contributed by atoms with E-state index < -0.39 is 4.92 Å². The second kappa shape index (κ2) is 6.19. The highest BCUT2D eigenvalue weighted by Gasteiger charge is 2.21. The SMILES string of the molecule is COc1cc(OC)c([N+](=O)[O-])cc1C(=C=O)CC#N. The van der Waals surface area contributed by atoms with Gasteiger partial charge < -0.3 is 9.47 Å². The first-order valence-electron chi connectivity index (χ1n) is 5.10. The molecule has 98 valence electrons. The Kier molecular flexibility index (Phi) is 4.63. The van der Waals surface area contributed by atoms with Crippen LogP contribution in [0.25, 0.3) is 5.57 Å². The van der Waals surface area contributed by atoms with Crippen molar-refractivity contribution in [2.75, 3.05) is 14.2 Å². The summed E-state index contributed by atoms with van der Waals surface area (Å²) in [4.78, 5) is 21.1. The van der Waals surface area contributed by atoms with E-state index in [4.69, 9.17) is 14.7 Å². The van der Waals surface area contributed by atoms with Crippen LogP contribution in [0.4, 0.5) is 5.69 Å². The van der Waals surface area contributed by atoms with Gasteiger partial charge in [0.15, 0.2) is 0 Å². The molecule has 0 saturated heterocycles. The van der Waals surface area contributed by atoms with E-state index in [1.807, 2.05) is 0 Å². The van der Waals surface area contributed by atoms with Gasteiger partial charge in [0, 0.05) is 17.7 Å². The predicted octanol–water partition coefficient (Wildman–Crippen LogP) is 1.74. The van der Waals surface area contributed by atoms with Crippen LogP contribution < -0.4 is 9.47 Å². The van der Waals surface area contributed by atoms with Gasteiger partial charge in [-0.3, -0.25) is 10.1 Å². The van der Waals surface area contributed by atoms with Crippen molar-refractivity contribution < 1.29 is 19.2 Å². The van der Waals surface area contributed by atoms with Crippen LogP contribution in [0, 0.1) is 21.4 Å². The maximum Gasteiger partial charge on any atom is 0.311 e. The van der Waals surface area contributed by atoms with Crippen LogP contribution in [0.5, 0.6) is 11.5 Å². The highest BCUT2D eigenvalue weighted by molar-refractivity contribution is 5.91. The van der Waals surface area contributed by atoms with E-state index in [0.717, 1.165) is 6.07 Å². The van der Waals surface area contributed by atoms with Gasteiger partial charge in [-0.2, -0.15) is 5.26 Å². The summed E-state index contributed by atoms with van der Waals surface area (Å²) in [5.74, 6) is 1.81. The summed E-state index contributed by atoms with van der Waals surface area (Å²) < 4.78 is 9.92. The summed E-state index contributed by atoms with van der Waals surface area (Å²) in [5.41, 5.74) is -0.166. The molecule has 0 aliphatic carbocycles. The fourth-order valence-electron chi connectivity index (χ4n) is 1.53. The number of nitrogens with zero attached hydrogens (tertiary/aromatic N) is 2. The molecule has 0 bridgehead atoms. The molecule has 19 heavy (non-hydrogen) atoms. The van der Waals surface area contributed by atoms with Crippen LogP contribution >= 0.6 is 0 Å². The number of allylic oxidation sites excluding steroid dienone is 1. The van der Waals surface area contributed by atoms with Crippen molar-refractivity contribution in [1.29, 1.82) is 5.26 Å². The maximum absolute atomic E-state index is 10.9. The van der Waals surface area contributed by atoms with Gasteiger partial charge in [0.05, 0.1) is 37.2 Å². The Balaban J connectivity index is 3.55.